The number of rotatable bonds is 3. The Balaban J connectivity index is 1.66. The van der Waals surface area contributed by atoms with Crippen molar-refractivity contribution in [2.75, 3.05) is 39.3 Å². The van der Waals surface area contributed by atoms with E-state index in [1.165, 1.54) is 43.9 Å². The van der Waals surface area contributed by atoms with Crippen molar-refractivity contribution >= 4 is 15.9 Å². The maximum Gasteiger partial charge on any atom is 0.136 e. The molecule has 1 saturated heterocycles. The van der Waals surface area contributed by atoms with Crippen molar-refractivity contribution in [2.45, 2.75) is 19.9 Å². The molecular formula is C15H21BrN2O. The van der Waals surface area contributed by atoms with Gasteiger partial charge in [-0.2, -0.15) is 0 Å². The molecule has 0 aromatic heterocycles. The Hall–Kier alpha value is -0.580. The van der Waals surface area contributed by atoms with Crippen LogP contribution in [0.25, 0.3) is 0 Å². The molecule has 104 valence electrons. The highest BCUT2D eigenvalue weighted by Gasteiger charge is 2.19. The standard InChI is InChI=1S/C15H21BrN2O/c1-2-17-4-6-18(7-5-17)11-12-9-13-3-8-19-15(13)14(16)10-12/h9-10H,2-8,11H2,1H3. The molecule has 0 saturated carbocycles. The van der Waals surface area contributed by atoms with Crippen LogP contribution in [0.3, 0.4) is 0 Å². The molecule has 1 fully saturated rings. The minimum absolute atomic E-state index is 0.826. The Bertz CT molecular complexity index is 456. The molecule has 0 radical (unpaired) electrons. The lowest BCUT2D eigenvalue weighted by atomic mass is 10.1. The van der Waals surface area contributed by atoms with Gasteiger partial charge in [-0.05, 0) is 39.7 Å². The number of benzene rings is 1. The van der Waals surface area contributed by atoms with Crippen molar-refractivity contribution in [3.8, 4) is 5.75 Å². The zero-order valence-electron chi connectivity index (χ0n) is 11.5. The molecule has 3 rings (SSSR count). The van der Waals surface area contributed by atoms with Gasteiger partial charge in [0.05, 0.1) is 11.1 Å². The minimum Gasteiger partial charge on any atom is -0.492 e. The highest BCUT2D eigenvalue weighted by molar-refractivity contribution is 9.10. The summed E-state index contributed by atoms with van der Waals surface area (Å²) in [6.45, 7) is 10.1. The molecule has 4 heteroatoms. The molecule has 0 unspecified atom stereocenters. The molecule has 0 atom stereocenters. The lowest BCUT2D eigenvalue weighted by Gasteiger charge is -2.34. The topological polar surface area (TPSA) is 15.7 Å². The van der Waals surface area contributed by atoms with Crippen LogP contribution in [0.2, 0.25) is 0 Å². The zero-order valence-corrected chi connectivity index (χ0v) is 13.1. The smallest absolute Gasteiger partial charge is 0.136 e. The van der Waals surface area contributed by atoms with Gasteiger partial charge < -0.3 is 9.64 Å². The number of nitrogens with zero attached hydrogens (tertiary/aromatic N) is 2. The second-order valence-electron chi connectivity index (χ2n) is 5.37. The molecule has 19 heavy (non-hydrogen) atoms. The van der Waals surface area contributed by atoms with E-state index in [-0.39, 0.29) is 0 Å². The van der Waals surface area contributed by atoms with Crippen LogP contribution < -0.4 is 4.74 Å². The molecule has 0 N–H and O–H groups in total. The molecule has 0 spiro atoms. The van der Waals surface area contributed by atoms with E-state index in [1.807, 2.05) is 0 Å². The van der Waals surface area contributed by atoms with Gasteiger partial charge in [0.2, 0.25) is 0 Å². The van der Waals surface area contributed by atoms with Gasteiger partial charge in [0.1, 0.15) is 5.75 Å². The monoisotopic (exact) mass is 324 g/mol. The molecule has 3 nitrogen and oxygen atoms in total. The molecule has 0 bridgehead atoms. The number of fused-ring (bicyclic) bond motifs is 1. The first kappa shape index (κ1) is 13.4. The lowest BCUT2D eigenvalue weighted by Crippen LogP contribution is -2.45. The second-order valence-corrected chi connectivity index (χ2v) is 6.23. The van der Waals surface area contributed by atoms with Crippen LogP contribution in [-0.4, -0.2) is 49.1 Å². The van der Waals surface area contributed by atoms with Gasteiger partial charge in [-0.3, -0.25) is 4.90 Å². The first-order valence-corrected chi connectivity index (χ1v) is 7.94. The summed E-state index contributed by atoms with van der Waals surface area (Å²) in [5.41, 5.74) is 2.76. The summed E-state index contributed by atoms with van der Waals surface area (Å²) in [6.07, 6.45) is 1.05. The molecule has 0 aliphatic carbocycles. The van der Waals surface area contributed by atoms with E-state index in [0.29, 0.717) is 0 Å². The summed E-state index contributed by atoms with van der Waals surface area (Å²) >= 11 is 3.63. The lowest BCUT2D eigenvalue weighted by molar-refractivity contribution is 0.132. The highest BCUT2D eigenvalue weighted by atomic mass is 79.9. The van der Waals surface area contributed by atoms with Crippen LogP contribution in [0.4, 0.5) is 0 Å². The first-order valence-electron chi connectivity index (χ1n) is 7.15. The van der Waals surface area contributed by atoms with Crippen LogP contribution in [0.15, 0.2) is 16.6 Å². The Morgan fingerprint density at radius 2 is 1.89 bits per heavy atom. The summed E-state index contributed by atoms with van der Waals surface area (Å²) in [5, 5.41) is 0. The van der Waals surface area contributed by atoms with Gasteiger partial charge in [0.25, 0.3) is 0 Å². The number of likely N-dealkylation sites (N-methyl/N-ethyl adjacent to an activating group) is 1. The van der Waals surface area contributed by atoms with E-state index < -0.39 is 0 Å². The SMILES string of the molecule is CCN1CCN(Cc2cc(Br)c3c(c2)CCO3)CC1. The average molecular weight is 325 g/mol. The normalized spacial score (nSPS) is 20.3. The molecule has 2 aliphatic rings. The average Bonchev–Trinajstić information content (AvgIpc) is 2.88. The maximum absolute atomic E-state index is 5.64. The second kappa shape index (κ2) is 5.81. The van der Waals surface area contributed by atoms with Crippen LogP contribution >= 0.6 is 15.9 Å². The van der Waals surface area contributed by atoms with E-state index in [4.69, 9.17) is 4.74 Å². The van der Waals surface area contributed by atoms with E-state index in [0.717, 1.165) is 29.8 Å². The zero-order chi connectivity index (χ0) is 13.2. The molecule has 0 amide bonds. The number of halogens is 1. The molecule has 1 aromatic carbocycles. The van der Waals surface area contributed by atoms with E-state index in [9.17, 15) is 0 Å². The predicted molar refractivity (Wildman–Crippen MR) is 80.7 cm³/mol. The van der Waals surface area contributed by atoms with Crippen LogP contribution in [-0.2, 0) is 13.0 Å². The quantitative estimate of drug-likeness (QED) is 0.849. The fourth-order valence-corrected chi connectivity index (χ4v) is 3.60. The van der Waals surface area contributed by atoms with Crippen molar-refractivity contribution < 1.29 is 4.74 Å². The fraction of sp³-hybridized carbons (Fsp3) is 0.600. The van der Waals surface area contributed by atoms with Crippen molar-refractivity contribution in [1.82, 2.24) is 9.80 Å². The van der Waals surface area contributed by atoms with Crippen molar-refractivity contribution in [3.05, 3.63) is 27.7 Å². The first-order chi connectivity index (χ1) is 9.26. The largest absolute Gasteiger partial charge is 0.492 e. The Morgan fingerprint density at radius 3 is 2.63 bits per heavy atom. The minimum atomic E-state index is 0.826. The highest BCUT2D eigenvalue weighted by Crippen LogP contribution is 2.35. The van der Waals surface area contributed by atoms with Gasteiger partial charge in [0, 0.05) is 39.1 Å². The van der Waals surface area contributed by atoms with Crippen molar-refractivity contribution in [1.29, 1.82) is 0 Å². The number of ether oxygens (including phenoxy) is 1. The Labute approximate surface area is 123 Å². The third-order valence-corrected chi connectivity index (χ3v) is 4.71. The molecule has 1 aromatic rings. The van der Waals surface area contributed by atoms with Gasteiger partial charge in [-0.1, -0.05) is 13.0 Å². The summed E-state index contributed by atoms with van der Waals surface area (Å²) in [7, 11) is 0. The third kappa shape index (κ3) is 2.96. The van der Waals surface area contributed by atoms with E-state index in [2.05, 4.69) is 44.8 Å². The molecule has 2 heterocycles. The van der Waals surface area contributed by atoms with Crippen molar-refractivity contribution in [2.24, 2.45) is 0 Å². The van der Waals surface area contributed by atoms with Gasteiger partial charge >= 0.3 is 0 Å². The van der Waals surface area contributed by atoms with E-state index in [1.54, 1.807) is 0 Å². The summed E-state index contributed by atoms with van der Waals surface area (Å²) < 4.78 is 6.75. The van der Waals surface area contributed by atoms with Crippen LogP contribution in [0, 0.1) is 0 Å². The van der Waals surface area contributed by atoms with E-state index >= 15 is 0 Å². The van der Waals surface area contributed by atoms with Gasteiger partial charge in [0.15, 0.2) is 0 Å². The van der Waals surface area contributed by atoms with Crippen LogP contribution in [0.5, 0.6) is 5.75 Å². The summed E-state index contributed by atoms with van der Waals surface area (Å²) in [5.74, 6) is 1.06. The Kier molecular flexibility index (Phi) is 4.10. The van der Waals surface area contributed by atoms with Crippen LogP contribution in [0.1, 0.15) is 18.1 Å². The predicted octanol–water partition coefficient (Wildman–Crippen LogP) is 2.52. The fourth-order valence-electron chi connectivity index (χ4n) is 2.94. The summed E-state index contributed by atoms with van der Waals surface area (Å²) in [6, 6.07) is 4.54. The molecule has 2 aliphatic heterocycles. The molecular weight excluding hydrogens is 304 g/mol. The van der Waals surface area contributed by atoms with Gasteiger partial charge in [-0.25, -0.2) is 0 Å². The Morgan fingerprint density at radius 1 is 1.16 bits per heavy atom. The van der Waals surface area contributed by atoms with Gasteiger partial charge in [-0.15, -0.1) is 0 Å². The number of hydrogen-bond acceptors (Lipinski definition) is 3. The summed E-state index contributed by atoms with van der Waals surface area (Å²) in [4.78, 5) is 5.07. The number of piperazine rings is 1. The van der Waals surface area contributed by atoms with Crippen molar-refractivity contribution in [3.63, 3.8) is 0 Å². The third-order valence-electron chi connectivity index (χ3n) is 4.12. The maximum atomic E-state index is 5.64. The number of hydrogen-bond donors (Lipinski definition) is 0.